The molecular formula is C25H24N5O2+. The third-order valence-corrected chi connectivity index (χ3v) is 6.29. The van der Waals surface area contributed by atoms with Crippen molar-refractivity contribution in [1.82, 2.24) is 5.32 Å². The van der Waals surface area contributed by atoms with Crippen LogP contribution in [0.3, 0.4) is 0 Å². The number of para-hydroxylation sites is 1. The minimum absolute atomic E-state index is 0.0700. The number of nitrogens with one attached hydrogen (secondary N) is 2. The first-order valence-electron chi connectivity index (χ1n) is 10.4. The van der Waals surface area contributed by atoms with Gasteiger partial charge in [-0.2, -0.15) is 15.1 Å². The molecule has 0 unspecified atom stereocenters. The molecule has 1 fully saturated rings. The lowest BCUT2D eigenvalue weighted by molar-refractivity contribution is -0.742. The highest BCUT2D eigenvalue weighted by atomic mass is 16.5. The van der Waals surface area contributed by atoms with Gasteiger partial charge in [-0.3, -0.25) is 5.41 Å². The van der Waals surface area contributed by atoms with Crippen LogP contribution in [0.5, 0.6) is 5.75 Å². The first-order chi connectivity index (χ1) is 15.5. The van der Waals surface area contributed by atoms with Crippen LogP contribution in [-0.2, 0) is 0 Å². The van der Waals surface area contributed by atoms with E-state index in [4.69, 9.17) is 10.1 Å². The molecule has 160 valence electrons. The number of hydrogen-bond acceptors (Lipinski definition) is 6. The van der Waals surface area contributed by atoms with Gasteiger partial charge in [0, 0.05) is 23.6 Å². The van der Waals surface area contributed by atoms with E-state index in [1.807, 2.05) is 66.4 Å². The Hall–Kier alpha value is -3.90. The maximum Gasteiger partial charge on any atom is 0.217 e. The second kappa shape index (κ2) is 8.32. The third kappa shape index (κ3) is 3.44. The summed E-state index contributed by atoms with van der Waals surface area (Å²) in [6.45, 7) is 1.99. The summed E-state index contributed by atoms with van der Waals surface area (Å²) in [7, 11) is 1.57. The van der Waals surface area contributed by atoms with Crippen molar-refractivity contribution in [3.05, 3.63) is 76.8 Å². The second-order valence-electron chi connectivity index (χ2n) is 8.22. The van der Waals surface area contributed by atoms with Crippen molar-refractivity contribution >= 4 is 5.87 Å². The van der Waals surface area contributed by atoms with Gasteiger partial charge in [0.2, 0.25) is 11.8 Å². The van der Waals surface area contributed by atoms with Crippen molar-refractivity contribution in [2.75, 3.05) is 7.11 Å². The van der Waals surface area contributed by atoms with Gasteiger partial charge < -0.3 is 15.2 Å². The molecule has 32 heavy (non-hydrogen) atoms. The zero-order valence-electron chi connectivity index (χ0n) is 18.0. The second-order valence-corrected chi connectivity index (χ2v) is 8.22. The molecule has 7 nitrogen and oxygen atoms in total. The van der Waals surface area contributed by atoms with Gasteiger partial charge in [-0.05, 0) is 37.3 Å². The van der Waals surface area contributed by atoms with Crippen LogP contribution in [0.4, 0.5) is 0 Å². The van der Waals surface area contributed by atoms with Crippen LogP contribution in [-0.4, -0.2) is 23.8 Å². The van der Waals surface area contributed by atoms with Gasteiger partial charge in [-0.25, -0.2) is 0 Å². The van der Waals surface area contributed by atoms with Gasteiger partial charge in [0.25, 0.3) is 0 Å². The van der Waals surface area contributed by atoms with E-state index in [1.54, 1.807) is 7.11 Å². The Balaban J connectivity index is 2.07. The average molecular weight is 427 g/mol. The first kappa shape index (κ1) is 21.3. The Kier molecular flexibility index (Phi) is 5.55. The molecule has 1 aliphatic carbocycles. The lowest BCUT2D eigenvalue weighted by atomic mass is 9.73. The molecule has 1 aromatic heterocycles. The van der Waals surface area contributed by atoms with E-state index in [-0.39, 0.29) is 22.8 Å². The van der Waals surface area contributed by atoms with E-state index >= 15 is 0 Å². The number of nitrogens with zero attached hydrogens (tertiary/aromatic N) is 3. The Morgan fingerprint density at radius 1 is 1.22 bits per heavy atom. The Bertz CT molecular complexity index is 1210. The topological polar surface area (TPSA) is 117 Å². The number of aromatic nitrogens is 1. The summed E-state index contributed by atoms with van der Waals surface area (Å²) in [5.74, 6) is 2.02. The van der Waals surface area contributed by atoms with Crippen molar-refractivity contribution < 1.29 is 14.4 Å². The van der Waals surface area contributed by atoms with Crippen molar-refractivity contribution in [3.63, 3.8) is 0 Å². The summed E-state index contributed by atoms with van der Waals surface area (Å²) in [5.41, 5.74) is 0.649. The Labute approximate surface area is 187 Å². The summed E-state index contributed by atoms with van der Waals surface area (Å²) >= 11 is 0. The molecule has 4 rings (SSSR count). The highest BCUT2D eigenvalue weighted by molar-refractivity contribution is 5.71. The maximum absolute atomic E-state index is 12.1. The highest BCUT2D eigenvalue weighted by Gasteiger charge is 2.61. The number of hydrogen-bond donors (Lipinski definition) is 3. The normalized spacial score (nSPS) is 24.5. The predicted octanol–water partition coefficient (Wildman–Crippen LogP) is 2.79. The van der Waals surface area contributed by atoms with Gasteiger partial charge in [0.05, 0.1) is 30.4 Å². The maximum atomic E-state index is 12.1. The van der Waals surface area contributed by atoms with Crippen LogP contribution in [0.15, 0.2) is 65.6 Å². The molecule has 0 spiro atoms. The van der Waals surface area contributed by atoms with Crippen LogP contribution < -0.4 is 14.6 Å². The van der Waals surface area contributed by atoms with Crippen LogP contribution in [0, 0.1) is 40.9 Å². The van der Waals surface area contributed by atoms with Crippen LogP contribution >= 0.6 is 0 Å². The third-order valence-electron chi connectivity index (χ3n) is 6.29. The quantitative estimate of drug-likeness (QED) is 0.386. The van der Waals surface area contributed by atoms with Crippen LogP contribution in [0.25, 0.3) is 0 Å². The summed E-state index contributed by atoms with van der Waals surface area (Å²) in [5, 5.41) is 42.6. The van der Waals surface area contributed by atoms with E-state index < -0.39 is 17.7 Å². The van der Waals surface area contributed by atoms with E-state index in [1.165, 1.54) is 0 Å². The van der Waals surface area contributed by atoms with Crippen molar-refractivity contribution in [1.29, 1.82) is 15.9 Å². The molecule has 2 heterocycles. The van der Waals surface area contributed by atoms with Gasteiger partial charge in [-0.1, -0.05) is 18.2 Å². The molecule has 0 amide bonds. The molecule has 2 aliphatic rings. The summed E-state index contributed by atoms with van der Waals surface area (Å²) < 4.78 is 7.54. The van der Waals surface area contributed by atoms with Gasteiger partial charge in [-0.15, -0.1) is 0 Å². The number of aliphatic hydroxyl groups is 1. The fourth-order valence-electron chi connectivity index (χ4n) is 4.59. The van der Waals surface area contributed by atoms with Gasteiger partial charge in [0.15, 0.2) is 12.4 Å². The van der Waals surface area contributed by atoms with E-state index in [9.17, 15) is 15.6 Å². The molecule has 0 radical (unpaired) electrons. The number of methoxy groups -OCH3 is 1. The molecule has 0 saturated heterocycles. The predicted molar refractivity (Wildman–Crippen MR) is 116 cm³/mol. The first-order valence-corrected chi connectivity index (χ1v) is 10.4. The number of aryl methyl sites for hydroxylation is 1. The minimum atomic E-state index is -1.44. The Morgan fingerprint density at radius 2 is 1.91 bits per heavy atom. The summed E-state index contributed by atoms with van der Waals surface area (Å²) in [6.07, 6.45) is 5.43. The minimum Gasteiger partial charge on any atom is -0.496 e. The number of allylic oxidation sites excluding steroid dienone is 2. The average Bonchev–Trinajstić information content (AvgIpc) is 3.66. The highest BCUT2D eigenvalue weighted by Crippen LogP contribution is 2.53. The molecule has 2 aromatic rings. The summed E-state index contributed by atoms with van der Waals surface area (Å²) in [4.78, 5) is 0. The number of pyridine rings is 1. The number of rotatable bonds is 5. The van der Waals surface area contributed by atoms with Gasteiger partial charge in [0.1, 0.15) is 17.4 Å². The van der Waals surface area contributed by atoms with Crippen LogP contribution in [0.2, 0.25) is 0 Å². The molecule has 3 N–H and O–H groups in total. The van der Waals surface area contributed by atoms with Gasteiger partial charge >= 0.3 is 0 Å². The smallest absolute Gasteiger partial charge is 0.217 e. The summed E-state index contributed by atoms with van der Waals surface area (Å²) in [6, 6.07) is 14.9. The number of ether oxygens (including phenoxy) is 1. The van der Waals surface area contributed by atoms with E-state index in [0.29, 0.717) is 5.75 Å². The van der Waals surface area contributed by atoms with E-state index in [0.717, 1.165) is 24.0 Å². The molecule has 1 saturated carbocycles. The van der Waals surface area contributed by atoms with Crippen molar-refractivity contribution in [2.45, 2.75) is 37.5 Å². The molecule has 3 atom stereocenters. The SMILES string of the molecule is COc1ccccc1[C@H]1C(C#N)=C(C(=C=N)C#N)N[C@@](O)(C2CC2)[C@@H]1[n+]1ccc(C)cc1. The monoisotopic (exact) mass is 426 g/mol. The number of benzene rings is 1. The fraction of sp³-hybridized carbons (Fsp3) is 0.320. The lowest BCUT2D eigenvalue weighted by Crippen LogP contribution is -2.66. The Morgan fingerprint density at radius 3 is 2.47 bits per heavy atom. The van der Waals surface area contributed by atoms with Crippen molar-refractivity contribution in [3.8, 4) is 17.9 Å². The molecule has 7 heteroatoms. The van der Waals surface area contributed by atoms with E-state index in [2.05, 4.69) is 17.3 Å². The molecule has 0 bridgehead atoms. The number of nitriles is 2. The zero-order valence-corrected chi connectivity index (χ0v) is 18.0. The zero-order chi connectivity index (χ0) is 22.9. The van der Waals surface area contributed by atoms with Crippen LogP contribution in [0.1, 0.15) is 35.9 Å². The lowest BCUT2D eigenvalue weighted by Gasteiger charge is -2.43. The fourth-order valence-corrected chi connectivity index (χ4v) is 4.59. The largest absolute Gasteiger partial charge is 0.496 e. The molecule has 1 aliphatic heterocycles. The molecule has 1 aromatic carbocycles. The molecular weight excluding hydrogens is 402 g/mol. The standard InChI is InChI=1S/C25H24N5O2/c1-16-9-11-30(12-10-16)24-22(19-5-3-4-6-21(19)32-2)20(15-28)23(17(13-26)14-27)29-25(24,31)18-7-8-18/h3-6,9-12,18,22,24,26,29,31H,7-8H2,1-2H3/q+1/t22-,24+,25+/m0/s1. The van der Waals surface area contributed by atoms with Crippen molar-refractivity contribution in [2.24, 2.45) is 5.92 Å².